The summed E-state index contributed by atoms with van der Waals surface area (Å²) in [5.74, 6) is -1.16. The van der Waals surface area contributed by atoms with Crippen LogP contribution in [0.1, 0.15) is 32.3 Å². The van der Waals surface area contributed by atoms with E-state index in [0.29, 0.717) is 11.1 Å². The lowest BCUT2D eigenvalue weighted by atomic mass is 9.66. The monoisotopic (exact) mass is 364 g/mol. The highest BCUT2D eigenvalue weighted by Gasteiger charge is 2.77. The predicted octanol–water partition coefficient (Wildman–Crippen LogP) is 1.18. The highest BCUT2D eigenvalue weighted by molar-refractivity contribution is 5.89. The standard InChI is InChI=1S/C19H25FN2O4/c1-17(2,10-24)19(9-18(19,16(21)26)7-12(25)8-23)13-5-11-3-4-22-15(11)6-14(13)20/h3-6,12,22-25H,7-10H2,1-2H3,(H2,21,26). The number of rotatable bonds is 7. The predicted molar refractivity (Wildman–Crippen MR) is 94.8 cm³/mol. The zero-order valence-corrected chi connectivity index (χ0v) is 14.9. The lowest BCUT2D eigenvalue weighted by molar-refractivity contribution is -0.126. The van der Waals surface area contributed by atoms with E-state index < -0.39 is 40.7 Å². The van der Waals surface area contributed by atoms with Crippen molar-refractivity contribution in [2.75, 3.05) is 13.2 Å². The van der Waals surface area contributed by atoms with E-state index in [9.17, 15) is 20.1 Å². The van der Waals surface area contributed by atoms with Gasteiger partial charge in [-0.25, -0.2) is 4.39 Å². The number of nitrogens with two attached hydrogens (primary N) is 1. The number of H-pyrrole nitrogens is 1. The minimum Gasteiger partial charge on any atom is -0.396 e. The van der Waals surface area contributed by atoms with Crippen LogP contribution in [0.4, 0.5) is 4.39 Å². The molecule has 1 aliphatic carbocycles. The van der Waals surface area contributed by atoms with Gasteiger partial charge in [-0.05, 0) is 47.4 Å². The first-order valence-electron chi connectivity index (χ1n) is 8.62. The molecule has 6 N–H and O–H groups in total. The lowest BCUT2D eigenvalue weighted by Crippen LogP contribution is -2.45. The van der Waals surface area contributed by atoms with Crippen molar-refractivity contribution in [3.8, 4) is 0 Å². The number of fused-ring (bicyclic) bond motifs is 1. The number of aliphatic hydroxyl groups is 3. The van der Waals surface area contributed by atoms with Crippen LogP contribution in [0.25, 0.3) is 10.9 Å². The number of halogens is 1. The number of amides is 1. The van der Waals surface area contributed by atoms with E-state index in [1.165, 1.54) is 6.07 Å². The van der Waals surface area contributed by atoms with Gasteiger partial charge in [0.05, 0.1) is 18.1 Å². The molecule has 6 nitrogen and oxygen atoms in total. The molecule has 1 heterocycles. The molecule has 3 rings (SSSR count). The van der Waals surface area contributed by atoms with E-state index in [-0.39, 0.29) is 19.4 Å². The Labute approximate surface area is 150 Å². The van der Waals surface area contributed by atoms with Crippen molar-refractivity contribution in [1.29, 1.82) is 0 Å². The normalized spacial score (nSPS) is 26.8. The molecular weight excluding hydrogens is 339 g/mol. The Balaban J connectivity index is 2.24. The van der Waals surface area contributed by atoms with Crippen LogP contribution in [0.15, 0.2) is 24.4 Å². The number of hydrogen-bond acceptors (Lipinski definition) is 4. The molecule has 7 heteroatoms. The third-order valence-corrected chi connectivity index (χ3v) is 6.18. The molecule has 0 radical (unpaired) electrons. The van der Waals surface area contributed by atoms with Crippen LogP contribution in [0.3, 0.4) is 0 Å². The topological polar surface area (TPSA) is 120 Å². The number of aromatic amines is 1. The van der Waals surface area contributed by atoms with Gasteiger partial charge >= 0.3 is 0 Å². The van der Waals surface area contributed by atoms with Gasteiger partial charge in [0.2, 0.25) is 5.91 Å². The number of carbonyl (C=O) groups is 1. The zero-order chi connectivity index (χ0) is 19.3. The average Bonchev–Trinajstić information content (AvgIpc) is 3.07. The number of primary amides is 1. The molecule has 0 spiro atoms. The largest absolute Gasteiger partial charge is 0.396 e. The van der Waals surface area contributed by atoms with Crippen LogP contribution in [0.2, 0.25) is 0 Å². The van der Waals surface area contributed by atoms with Gasteiger partial charge in [-0.2, -0.15) is 0 Å². The van der Waals surface area contributed by atoms with Gasteiger partial charge in [0, 0.05) is 23.7 Å². The summed E-state index contributed by atoms with van der Waals surface area (Å²) in [5, 5.41) is 30.0. The summed E-state index contributed by atoms with van der Waals surface area (Å²) in [7, 11) is 0. The van der Waals surface area contributed by atoms with Crippen molar-refractivity contribution < 1.29 is 24.5 Å². The molecule has 1 aromatic heterocycles. The Bertz CT molecular complexity index is 849. The maximum absolute atomic E-state index is 15.1. The molecule has 142 valence electrons. The minimum atomic E-state index is -1.24. The van der Waals surface area contributed by atoms with Crippen LogP contribution in [-0.4, -0.2) is 45.5 Å². The Kier molecular flexibility index (Phi) is 4.37. The van der Waals surface area contributed by atoms with Gasteiger partial charge in [-0.3, -0.25) is 4.79 Å². The number of hydrogen-bond donors (Lipinski definition) is 5. The second-order valence-electron chi connectivity index (χ2n) is 8.01. The summed E-state index contributed by atoms with van der Waals surface area (Å²) in [6, 6.07) is 4.84. The maximum atomic E-state index is 15.1. The van der Waals surface area contributed by atoms with Crippen molar-refractivity contribution in [2.45, 2.75) is 38.2 Å². The van der Waals surface area contributed by atoms with Gasteiger partial charge in [-0.1, -0.05) is 13.8 Å². The molecule has 1 saturated carbocycles. The number of carbonyl (C=O) groups excluding carboxylic acids is 1. The highest BCUT2D eigenvalue weighted by Crippen LogP contribution is 2.74. The molecule has 0 bridgehead atoms. The summed E-state index contributed by atoms with van der Waals surface area (Å²) < 4.78 is 15.1. The third kappa shape index (κ3) is 2.38. The van der Waals surface area contributed by atoms with E-state index >= 15 is 4.39 Å². The molecular formula is C19H25FN2O4. The van der Waals surface area contributed by atoms with Crippen LogP contribution < -0.4 is 5.73 Å². The first kappa shape index (κ1) is 18.8. The van der Waals surface area contributed by atoms with Crippen molar-refractivity contribution in [2.24, 2.45) is 16.6 Å². The lowest BCUT2D eigenvalue weighted by Gasteiger charge is -2.38. The Morgan fingerprint density at radius 3 is 2.69 bits per heavy atom. The van der Waals surface area contributed by atoms with E-state index in [1.807, 2.05) is 0 Å². The zero-order valence-electron chi connectivity index (χ0n) is 14.9. The molecule has 0 aliphatic heterocycles. The molecule has 1 fully saturated rings. The van der Waals surface area contributed by atoms with Crippen LogP contribution in [0.5, 0.6) is 0 Å². The van der Waals surface area contributed by atoms with Gasteiger partial charge in [0.15, 0.2) is 0 Å². The molecule has 1 amide bonds. The second kappa shape index (κ2) is 6.04. The highest BCUT2D eigenvalue weighted by atomic mass is 19.1. The second-order valence-corrected chi connectivity index (χ2v) is 8.01. The molecule has 0 saturated heterocycles. The van der Waals surface area contributed by atoms with E-state index in [0.717, 1.165) is 5.39 Å². The Morgan fingerprint density at radius 1 is 1.42 bits per heavy atom. The maximum Gasteiger partial charge on any atom is 0.224 e. The Morgan fingerprint density at radius 2 is 2.12 bits per heavy atom. The van der Waals surface area contributed by atoms with E-state index in [4.69, 9.17) is 5.73 Å². The number of aliphatic hydroxyl groups excluding tert-OH is 3. The van der Waals surface area contributed by atoms with E-state index in [2.05, 4.69) is 4.98 Å². The number of nitrogens with one attached hydrogen (secondary N) is 1. The van der Waals surface area contributed by atoms with Crippen molar-refractivity contribution >= 4 is 16.8 Å². The quantitative estimate of drug-likeness (QED) is 0.507. The summed E-state index contributed by atoms with van der Waals surface area (Å²) in [4.78, 5) is 15.4. The van der Waals surface area contributed by atoms with E-state index in [1.54, 1.807) is 32.2 Å². The summed E-state index contributed by atoms with van der Waals surface area (Å²) >= 11 is 0. The first-order chi connectivity index (χ1) is 12.1. The van der Waals surface area contributed by atoms with Crippen LogP contribution >= 0.6 is 0 Å². The fraction of sp³-hybridized carbons (Fsp3) is 0.526. The molecule has 2 aromatic rings. The SMILES string of the molecule is CC(C)(CO)C1(c2cc3cc[nH]c3cc2F)CC1(CC(O)CO)C(N)=O. The van der Waals surface area contributed by atoms with Crippen LogP contribution in [0, 0.1) is 16.6 Å². The van der Waals surface area contributed by atoms with Gasteiger partial charge in [0.25, 0.3) is 0 Å². The molecule has 26 heavy (non-hydrogen) atoms. The fourth-order valence-corrected chi connectivity index (χ4v) is 4.66. The fourth-order valence-electron chi connectivity index (χ4n) is 4.66. The molecule has 3 atom stereocenters. The molecule has 1 aliphatic rings. The van der Waals surface area contributed by atoms with Gasteiger partial charge in [-0.15, -0.1) is 0 Å². The smallest absolute Gasteiger partial charge is 0.224 e. The first-order valence-corrected chi connectivity index (χ1v) is 8.62. The molecule has 3 unspecified atom stereocenters. The summed E-state index contributed by atoms with van der Waals surface area (Å²) in [6.07, 6.45) is 0.652. The van der Waals surface area contributed by atoms with Crippen molar-refractivity contribution in [3.63, 3.8) is 0 Å². The number of benzene rings is 1. The summed E-state index contributed by atoms with van der Waals surface area (Å²) in [6.45, 7) is 2.69. The third-order valence-electron chi connectivity index (χ3n) is 6.18. The molecule has 1 aromatic carbocycles. The minimum absolute atomic E-state index is 0.0904. The van der Waals surface area contributed by atoms with Crippen molar-refractivity contribution in [3.05, 3.63) is 35.8 Å². The number of aromatic nitrogens is 1. The van der Waals surface area contributed by atoms with Crippen molar-refractivity contribution in [1.82, 2.24) is 4.98 Å². The average molecular weight is 364 g/mol. The summed E-state index contributed by atoms with van der Waals surface area (Å²) in [5.41, 5.74) is 3.43. The van der Waals surface area contributed by atoms with Crippen LogP contribution in [-0.2, 0) is 10.2 Å². The Hall–Kier alpha value is -1.96. The van der Waals surface area contributed by atoms with Gasteiger partial charge < -0.3 is 26.0 Å². The van der Waals surface area contributed by atoms with Gasteiger partial charge in [0.1, 0.15) is 5.82 Å².